The standard InChI is InChI=1S/C16H18N4O3/c21-7-6-19-14-9-18-10-15(13(14)8-17-19)20(16(18)22)23-11-12-4-2-1-3-5-12/h1-5,8,15,21H,6-7,9-11H2. The average molecular weight is 314 g/mol. The molecule has 1 saturated heterocycles. The van der Waals surface area contributed by atoms with Gasteiger partial charge in [-0.15, -0.1) is 0 Å². The fourth-order valence-electron chi connectivity index (χ4n) is 3.20. The molecule has 1 fully saturated rings. The Bertz CT molecular complexity index is 715. The molecule has 1 aromatic heterocycles. The van der Waals surface area contributed by atoms with Crippen molar-refractivity contribution in [2.75, 3.05) is 13.2 Å². The maximum absolute atomic E-state index is 12.5. The van der Waals surface area contributed by atoms with Gasteiger partial charge in [-0.25, -0.2) is 4.79 Å². The van der Waals surface area contributed by atoms with E-state index in [0.717, 1.165) is 16.8 Å². The summed E-state index contributed by atoms with van der Waals surface area (Å²) in [5.41, 5.74) is 3.01. The van der Waals surface area contributed by atoms with E-state index in [2.05, 4.69) is 5.10 Å². The van der Waals surface area contributed by atoms with E-state index in [1.165, 1.54) is 5.06 Å². The summed E-state index contributed by atoms with van der Waals surface area (Å²) < 4.78 is 1.77. The maximum Gasteiger partial charge on any atom is 0.345 e. The normalized spacial score (nSPS) is 19.3. The van der Waals surface area contributed by atoms with Crippen molar-refractivity contribution in [1.29, 1.82) is 0 Å². The van der Waals surface area contributed by atoms with Crippen LogP contribution in [0.2, 0.25) is 0 Å². The number of benzene rings is 1. The van der Waals surface area contributed by atoms with Crippen LogP contribution in [0.25, 0.3) is 0 Å². The fourth-order valence-corrected chi connectivity index (χ4v) is 3.20. The van der Waals surface area contributed by atoms with E-state index in [-0.39, 0.29) is 18.7 Å². The van der Waals surface area contributed by atoms with Crippen molar-refractivity contribution in [2.24, 2.45) is 0 Å². The number of fused-ring (bicyclic) bond motifs is 4. The van der Waals surface area contributed by atoms with Gasteiger partial charge >= 0.3 is 6.03 Å². The molecular formula is C16H18N4O3. The van der Waals surface area contributed by atoms with Crippen molar-refractivity contribution in [3.8, 4) is 0 Å². The number of carbonyl (C=O) groups excluding carboxylic acids is 1. The van der Waals surface area contributed by atoms with Gasteiger partial charge in [0.1, 0.15) is 12.6 Å². The summed E-state index contributed by atoms with van der Waals surface area (Å²) in [7, 11) is 0. The highest BCUT2D eigenvalue weighted by Crippen LogP contribution is 2.37. The molecule has 0 spiro atoms. The number of aliphatic hydroxyl groups is 1. The van der Waals surface area contributed by atoms with E-state index in [1.807, 2.05) is 30.3 Å². The molecule has 23 heavy (non-hydrogen) atoms. The van der Waals surface area contributed by atoms with Gasteiger partial charge in [-0.2, -0.15) is 10.2 Å². The summed E-state index contributed by atoms with van der Waals surface area (Å²) in [5, 5.41) is 14.9. The van der Waals surface area contributed by atoms with E-state index in [4.69, 9.17) is 9.94 Å². The summed E-state index contributed by atoms with van der Waals surface area (Å²) in [6.45, 7) is 1.95. The lowest BCUT2D eigenvalue weighted by Gasteiger charge is -2.23. The highest BCUT2D eigenvalue weighted by Gasteiger charge is 2.45. The Labute approximate surface area is 133 Å². The first-order valence-electron chi connectivity index (χ1n) is 7.68. The molecule has 1 unspecified atom stereocenters. The van der Waals surface area contributed by atoms with E-state index < -0.39 is 0 Å². The zero-order valence-corrected chi connectivity index (χ0v) is 12.6. The van der Waals surface area contributed by atoms with Gasteiger partial charge in [0.05, 0.1) is 38.1 Å². The lowest BCUT2D eigenvalue weighted by Crippen LogP contribution is -2.31. The minimum absolute atomic E-state index is 0.0287. The highest BCUT2D eigenvalue weighted by molar-refractivity contribution is 5.77. The van der Waals surface area contributed by atoms with Crippen LogP contribution in [0.5, 0.6) is 0 Å². The minimum Gasteiger partial charge on any atom is -0.394 e. The van der Waals surface area contributed by atoms with Gasteiger partial charge in [-0.3, -0.25) is 9.52 Å². The van der Waals surface area contributed by atoms with Crippen LogP contribution in [0.4, 0.5) is 4.79 Å². The van der Waals surface area contributed by atoms with Crippen molar-refractivity contribution < 1.29 is 14.7 Å². The Morgan fingerprint density at radius 2 is 2.13 bits per heavy atom. The Hall–Kier alpha value is -2.38. The minimum atomic E-state index is -0.137. The SMILES string of the molecule is O=C1N2Cc3c(cnn3CCO)C(C2)N1OCc1ccccc1. The van der Waals surface area contributed by atoms with Crippen LogP contribution in [-0.2, 0) is 24.5 Å². The molecule has 1 atom stereocenters. The van der Waals surface area contributed by atoms with Gasteiger partial charge in [-0.05, 0) is 5.56 Å². The quantitative estimate of drug-likeness (QED) is 0.903. The summed E-state index contributed by atoms with van der Waals surface area (Å²) in [6, 6.07) is 9.53. The number of amides is 2. The molecule has 7 heteroatoms. The summed E-state index contributed by atoms with van der Waals surface area (Å²) in [4.78, 5) is 20.0. The molecule has 120 valence electrons. The van der Waals surface area contributed by atoms with Crippen LogP contribution in [0, 0.1) is 0 Å². The van der Waals surface area contributed by atoms with Crippen molar-refractivity contribution >= 4 is 6.03 Å². The fraction of sp³-hybridized carbons (Fsp3) is 0.375. The van der Waals surface area contributed by atoms with Gasteiger partial charge in [0, 0.05) is 5.56 Å². The third kappa shape index (κ3) is 2.38. The topological polar surface area (TPSA) is 70.8 Å². The number of aromatic nitrogens is 2. The summed E-state index contributed by atoms with van der Waals surface area (Å²) in [6.07, 6.45) is 1.78. The number of nitrogens with zero attached hydrogens (tertiary/aromatic N) is 4. The van der Waals surface area contributed by atoms with Gasteiger partial charge in [0.2, 0.25) is 0 Å². The van der Waals surface area contributed by atoms with E-state index in [9.17, 15) is 4.79 Å². The van der Waals surface area contributed by atoms with Crippen LogP contribution in [0.3, 0.4) is 0 Å². The zero-order valence-electron chi connectivity index (χ0n) is 12.6. The molecule has 4 rings (SSSR count). The Morgan fingerprint density at radius 3 is 2.91 bits per heavy atom. The number of carbonyl (C=O) groups is 1. The third-order valence-electron chi connectivity index (χ3n) is 4.34. The number of hydrogen-bond donors (Lipinski definition) is 1. The second-order valence-corrected chi connectivity index (χ2v) is 5.76. The second kappa shape index (κ2) is 5.68. The second-order valence-electron chi connectivity index (χ2n) is 5.76. The molecular weight excluding hydrogens is 296 g/mol. The van der Waals surface area contributed by atoms with Crippen LogP contribution in [-0.4, -0.2) is 44.0 Å². The van der Waals surface area contributed by atoms with Gasteiger partial charge in [0.25, 0.3) is 0 Å². The van der Waals surface area contributed by atoms with Gasteiger partial charge < -0.3 is 10.0 Å². The van der Waals surface area contributed by atoms with Crippen molar-refractivity contribution in [2.45, 2.75) is 25.7 Å². The predicted octanol–water partition coefficient (Wildman–Crippen LogP) is 1.30. The number of aliphatic hydroxyl groups excluding tert-OH is 1. The monoisotopic (exact) mass is 314 g/mol. The van der Waals surface area contributed by atoms with E-state index in [1.54, 1.807) is 15.8 Å². The molecule has 0 saturated carbocycles. The third-order valence-corrected chi connectivity index (χ3v) is 4.34. The first kappa shape index (κ1) is 14.2. The molecule has 7 nitrogen and oxygen atoms in total. The van der Waals surface area contributed by atoms with Crippen LogP contribution in [0.1, 0.15) is 22.9 Å². The molecule has 1 N–H and O–H groups in total. The number of urea groups is 1. The van der Waals surface area contributed by atoms with Crippen molar-refractivity contribution in [1.82, 2.24) is 19.7 Å². The Kier molecular flexibility index (Phi) is 3.51. The smallest absolute Gasteiger partial charge is 0.345 e. The summed E-state index contributed by atoms with van der Waals surface area (Å²) in [5.74, 6) is 0. The highest BCUT2D eigenvalue weighted by atomic mass is 16.7. The largest absolute Gasteiger partial charge is 0.394 e. The molecule has 2 amide bonds. The van der Waals surface area contributed by atoms with Gasteiger partial charge in [0.15, 0.2) is 0 Å². The molecule has 0 radical (unpaired) electrons. The molecule has 2 aliphatic heterocycles. The number of hydroxylamine groups is 2. The lowest BCUT2D eigenvalue weighted by molar-refractivity contribution is -0.141. The van der Waals surface area contributed by atoms with Crippen molar-refractivity contribution in [3.63, 3.8) is 0 Å². The molecule has 2 aliphatic rings. The molecule has 0 aliphatic carbocycles. The van der Waals surface area contributed by atoms with Crippen molar-refractivity contribution in [3.05, 3.63) is 53.3 Å². The first-order chi connectivity index (χ1) is 11.3. The summed E-state index contributed by atoms with van der Waals surface area (Å²) >= 11 is 0. The van der Waals surface area contributed by atoms with E-state index >= 15 is 0 Å². The number of hydrogen-bond acceptors (Lipinski definition) is 4. The predicted molar refractivity (Wildman–Crippen MR) is 80.9 cm³/mol. The van der Waals surface area contributed by atoms with Gasteiger partial charge in [-0.1, -0.05) is 30.3 Å². The van der Waals surface area contributed by atoms with Crippen LogP contribution >= 0.6 is 0 Å². The molecule has 3 heterocycles. The van der Waals surface area contributed by atoms with Crippen LogP contribution in [0.15, 0.2) is 36.5 Å². The number of rotatable bonds is 5. The lowest BCUT2D eigenvalue weighted by atomic mass is 10.1. The van der Waals surface area contributed by atoms with Crippen LogP contribution < -0.4 is 0 Å². The molecule has 1 aromatic carbocycles. The maximum atomic E-state index is 12.5. The molecule has 2 bridgehead atoms. The first-order valence-corrected chi connectivity index (χ1v) is 7.68. The Morgan fingerprint density at radius 1 is 1.30 bits per heavy atom. The molecule has 2 aromatic rings. The average Bonchev–Trinajstić information content (AvgIpc) is 3.09. The zero-order chi connectivity index (χ0) is 15.8. The van der Waals surface area contributed by atoms with E-state index in [0.29, 0.717) is 26.2 Å². The Balaban J connectivity index is 1.55.